The van der Waals surface area contributed by atoms with E-state index in [1.807, 2.05) is 60.7 Å². The summed E-state index contributed by atoms with van der Waals surface area (Å²) >= 11 is 0. The fraction of sp³-hybridized carbons (Fsp3) is 0.286. The molecule has 0 saturated heterocycles. The molecule has 1 aromatic heterocycles. The molecule has 186 valence electrons. The van der Waals surface area contributed by atoms with Crippen LogP contribution in [0.2, 0.25) is 0 Å². The molecule has 2 amide bonds. The van der Waals surface area contributed by atoms with Crippen molar-refractivity contribution >= 4 is 17.1 Å². The highest BCUT2D eigenvalue weighted by Gasteiger charge is 2.28. The zero-order chi connectivity index (χ0) is 25.1. The number of aromatic nitrogens is 2. The molecule has 3 aromatic carbocycles. The van der Waals surface area contributed by atoms with Gasteiger partial charge in [0, 0.05) is 0 Å². The smallest absolute Gasteiger partial charge is 0.315 e. The van der Waals surface area contributed by atoms with Crippen molar-refractivity contribution < 1.29 is 19.0 Å². The van der Waals surface area contributed by atoms with Gasteiger partial charge in [-0.05, 0) is 72.4 Å². The Bertz CT molecular complexity index is 1330. The van der Waals surface area contributed by atoms with Crippen LogP contribution in [0.3, 0.4) is 0 Å². The molecule has 0 radical (unpaired) electrons. The van der Waals surface area contributed by atoms with Crippen LogP contribution in [0, 0.1) is 0 Å². The number of H-pyrrole nitrogens is 1. The van der Waals surface area contributed by atoms with E-state index in [9.17, 15) is 4.79 Å². The van der Waals surface area contributed by atoms with Crippen molar-refractivity contribution in [2.75, 3.05) is 21.3 Å². The standard InChI is InChI=1S/C28H30N4O4/c1-34-19-11-8-17(9-12-19)14-24(27-29-22-6-4-5-7-23(22)30-27)32-28(33)31-21-13-10-18-15-25(35-2)26(36-3)16-20(18)21/h4-9,11-12,15-16,21,24H,10,13-14H2,1-3H3,(H,29,30)(H2,31,32,33)/t21?,24-/m1/s1. The Morgan fingerprint density at radius 1 is 1.03 bits per heavy atom. The van der Waals surface area contributed by atoms with Gasteiger partial charge in [-0.3, -0.25) is 0 Å². The minimum absolute atomic E-state index is 0.114. The lowest BCUT2D eigenvalue weighted by atomic mass is 10.0. The summed E-state index contributed by atoms with van der Waals surface area (Å²) in [4.78, 5) is 21.4. The van der Waals surface area contributed by atoms with E-state index in [1.54, 1.807) is 21.3 Å². The van der Waals surface area contributed by atoms with Crippen LogP contribution in [0.5, 0.6) is 17.2 Å². The highest BCUT2D eigenvalue weighted by molar-refractivity contribution is 5.77. The number of imidazole rings is 1. The van der Waals surface area contributed by atoms with Crippen LogP contribution in [-0.4, -0.2) is 37.3 Å². The Labute approximate surface area is 210 Å². The van der Waals surface area contributed by atoms with Gasteiger partial charge in [0.05, 0.1) is 44.4 Å². The third-order valence-electron chi connectivity index (χ3n) is 6.67. The molecule has 1 aliphatic rings. The summed E-state index contributed by atoms with van der Waals surface area (Å²) in [6.07, 6.45) is 2.25. The first kappa shape index (κ1) is 23.5. The van der Waals surface area contributed by atoms with Gasteiger partial charge in [-0.25, -0.2) is 9.78 Å². The fourth-order valence-electron chi connectivity index (χ4n) is 4.79. The van der Waals surface area contributed by atoms with E-state index in [0.717, 1.165) is 46.3 Å². The first-order valence-corrected chi connectivity index (χ1v) is 12.0. The molecule has 0 fully saturated rings. The van der Waals surface area contributed by atoms with Gasteiger partial charge in [0.1, 0.15) is 11.6 Å². The van der Waals surface area contributed by atoms with Crippen molar-refractivity contribution in [1.82, 2.24) is 20.6 Å². The lowest BCUT2D eigenvalue weighted by Crippen LogP contribution is -2.40. The quantitative estimate of drug-likeness (QED) is 0.331. The SMILES string of the molecule is COc1ccc(C[C@@H](NC(=O)NC2CCc3cc(OC)c(OC)cc32)c2nc3ccccc3[nH]2)cc1. The number of nitrogens with one attached hydrogen (secondary N) is 3. The predicted molar refractivity (Wildman–Crippen MR) is 138 cm³/mol. The molecule has 36 heavy (non-hydrogen) atoms. The van der Waals surface area contributed by atoms with Gasteiger partial charge in [0.15, 0.2) is 11.5 Å². The van der Waals surface area contributed by atoms with E-state index >= 15 is 0 Å². The van der Waals surface area contributed by atoms with E-state index in [2.05, 4.69) is 15.6 Å². The Kier molecular flexibility index (Phi) is 6.66. The zero-order valence-corrected chi connectivity index (χ0v) is 20.6. The van der Waals surface area contributed by atoms with Crippen LogP contribution >= 0.6 is 0 Å². The number of urea groups is 1. The Balaban J connectivity index is 1.36. The van der Waals surface area contributed by atoms with Gasteiger partial charge in [0.2, 0.25) is 0 Å². The summed E-state index contributed by atoms with van der Waals surface area (Å²) in [6, 6.07) is 18.9. The van der Waals surface area contributed by atoms with Crippen LogP contribution in [-0.2, 0) is 12.8 Å². The number of para-hydroxylation sites is 2. The Morgan fingerprint density at radius 3 is 2.50 bits per heavy atom. The van der Waals surface area contributed by atoms with E-state index in [0.29, 0.717) is 23.7 Å². The first-order chi connectivity index (χ1) is 17.6. The number of carbonyl (C=O) groups is 1. The average molecular weight is 487 g/mol. The van der Waals surface area contributed by atoms with Gasteiger partial charge >= 0.3 is 6.03 Å². The van der Waals surface area contributed by atoms with Crippen LogP contribution in [0.25, 0.3) is 11.0 Å². The van der Waals surface area contributed by atoms with Crippen molar-refractivity contribution in [2.45, 2.75) is 31.3 Å². The number of aromatic amines is 1. The van der Waals surface area contributed by atoms with Crippen LogP contribution in [0.15, 0.2) is 60.7 Å². The summed E-state index contributed by atoms with van der Waals surface area (Å²) < 4.78 is 16.2. The maximum atomic E-state index is 13.2. The van der Waals surface area contributed by atoms with Crippen LogP contribution in [0.4, 0.5) is 4.79 Å². The molecule has 8 nitrogen and oxygen atoms in total. The second kappa shape index (κ2) is 10.2. The minimum atomic E-state index is -0.350. The summed E-state index contributed by atoms with van der Waals surface area (Å²) in [5, 5.41) is 6.30. The number of hydrogen-bond donors (Lipinski definition) is 3. The van der Waals surface area contributed by atoms with Gasteiger partial charge in [0.25, 0.3) is 0 Å². The van der Waals surface area contributed by atoms with Crippen molar-refractivity contribution in [1.29, 1.82) is 0 Å². The molecule has 0 spiro atoms. The molecular weight excluding hydrogens is 456 g/mol. The van der Waals surface area contributed by atoms with Crippen molar-refractivity contribution in [3.8, 4) is 17.2 Å². The number of carbonyl (C=O) groups excluding carboxylic acids is 1. The minimum Gasteiger partial charge on any atom is -0.497 e. The maximum Gasteiger partial charge on any atom is 0.315 e. The summed E-state index contributed by atoms with van der Waals surface area (Å²) in [5.74, 6) is 2.85. The number of nitrogens with zero attached hydrogens (tertiary/aromatic N) is 1. The number of benzene rings is 3. The van der Waals surface area contributed by atoms with E-state index in [4.69, 9.17) is 19.2 Å². The molecule has 0 bridgehead atoms. The predicted octanol–water partition coefficient (Wildman–Crippen LogP) is 4.86. The molecule has 0 aliphatic heterocycles. The lowest BCUT2D eigenvalue weighted by molar-refractivity contribution is 0.232. The molecule has 5 rings (SSSR count). The Morgan fingerprint density at radius 2 is 1.78 bits per heavy atom. The molecule has 0 saturated carbocycles. The molecule has 2 atom stereocenters. The van der Waals surface area contributed by atoms with Gasteiger partial charge in [-0.1, -0.05) is 24.3 Å². The first-order valence-electron chi connectivity index (χ1n) is 12.0. The number of fused-ring (bicyclic) bond motifs is 2. The fourth-order valence-corrected chi connectivity index (χ4v) is 4.79. The van der Waals surface area contributed by atoms with Gasteiger partial charge < -0.3 is 29.8 Å². The third-order valence-corrected chi connectivity index (χ3v) is 6.67. The lowest BCUT2D eigenvalue weighted by Gasteiger charge is -2.21. The summed E-state index contributed by atoms with van der Waals surface area (Å²) in [7, 11) is 4.89. The number of amides is 2. The van der Waals surface area contributed by atoms with Gasteiger partial charge in [-0.2, -0.15) is 0 Å². The second-order valence-electron chi connectivity index (χ2n) is 8.86. The monoisotopic (exact) mass is 486 g/mol. The van der Waals surface area contributed by atoms with E-state index < -0.39 is 0 Å². The topological polar surface area (TPSA) is 97.5 Å². The van der Waals surface area contributed by atoms with E-state index in [-0.39, 0.29) is 18.1 Å². The number of ether oxygens (including phenoxy) is 3. The largest absolute Gasteiger partial charge is 0.497 e. The molecule has 1 aliphatic carbocycles. The Hall–Kier alpha value is -4.20. The second-order valence-corrected chi connectivity index (χ2v) is 8.86. The van der Waals surface area contributed by atoms with Crippen LogP contribution < -0.4 is 24.8 Å². The molecule has 8 heteroatoms. The molecule has 4 aromatic rings. The number of rotatable bonds is 8. The summed E-state index contributed by atoms with van der Waals surface area (Å²) in [5.41, 5.74) is 5.06. The van der Waals surface area contributed by atoms with Crippen molar-refractivity contribution in [3.05, 3.63) is 83.2 Å². The summed E-state index contributed by atoms with van der Waals surface area (Å²) in [6.45, 7) is 0. The van der Waals surface area contributed by atoms with Gasteiger partial charge in [-0.15, -0.1) is 0 Å². The maximum absolute atomic E-state index is 13.2. The zero-order valence-electron chi connectivity index (χ0n) is 20.6. The molecule has 1 heterocycles. The van der Waals surface area contributed by atoms with Crippen molar-refractivity contribution in [3.63, 3.8) is 0 Å². The molecular formula is C28H30N4O4. The average Bonchev–Trinajstić information content (AvgIpc) is 3.51. The highest BCUT2D eigenvalue weighted by atomic mass is 16.5. The molecule has 1 unspecified atom stereocenters. The molecule has 3 N–H and O–H groups in total. The normalized spacial score (nSPS) is 15.2. The van der Waals surface area contributed by atoms with Crippen molar-refractivity contribution in [2.24, 2.45) is 0 Å². The number of methoxy groups -OCH3 is 3. The van der Waals surface area contributed by atoms with Crippen LogP contribution in [0.1, 0.15) is 41.0 Å². The highest BCUT2D eigenvalue weighted by Crippen LogP contribution is 2.39. The van der Waals surface area contributed by atoms with E-state index in [1.165, 1.54) is 0 Å². The number of aryl methyl sites for hydroxylation is 1. The number of hydrogen-bond acceptors (Lipinski definition) is 5. The third kappa shape index (κ3) is 4.79.